The molecule has 0 unspecified atom stereocenters. The summed E-state index contributed by atoms with van der Waals surface area (Å²) in [5.74, 6) is 1.09. The first-order valence-corrected chi connectivity index (χ1v) is 7.50. The summed E-state index contributed by atoms with van der Waals surface area (Å²) in [5, 5.41) is 1.71. The van der Waals surface area contributed by atoms with Gasteiger partial charge in [0.15, 0.2) is 0 Å². The van der Waals surface area contributed by atoms with Crippen molar-refractivity contribution in [3.05, 3.63) is 59.2 Å². The van der Waals surface area contributed by atoms with Crippen molar-refractivity contribution in [2.45, 2.75) is 12.8 Å². The molecule has 0 saturated carbocycles. The third-order valence-electron chi connectivity index (χ3n) is 3.32. The van der Waals surface area contributed by atoms with Crippen LogP contribution in [0.2, 0.25) is 5.02 Å². The molecule has 0 aliphatic rings. The second-order valence-electron chi connectivity index (χ2n) is 4.96. The average molecular weight is 314 g/mol. The number of hydrogen-bond acceptors (Lipinski definition) is 4. The van der Waals surface area contributed by atoms with Gasteiger partial charge in [0.05, 0.1) is 17.8 Å². The highest BCUT2D eigenvalue weighted by Gasteiger charge is 2.05. The zero-order chi connectivity index (χ0) is 15.4. The maximum absolute atomic E-state index is 5.93. The summed E-state index contributed by atoms with van der Waals surface area (Å²) >= 11 is 5.93. The highest BCUT2D eigenvalue weighted by molar-refractivity contribution is 6.30. The number of nitrogen functional groups attached to an aromatic ring is 1. The molecule has 3 aromatic rings. The molecule has 0 atom stereocenters. The number of hydrogen-bond donors (Lipinski definition) is 1. The van der Waals surface area contributed by atoms with Crippen LogP contribution in [0.3, 0.4) is 0 Å². The fourth-order valence-electron chi connectivity index (χ4n) is 2.34. The summed E-state index contributed by atoms with van der Waals surface area (Å²) in [5.41, 5.74) is 7.60. The first kappa shape index (κ1) is 14.6. The normalized spacial score (nSPS) is 10.8. The van der Waals surface area contributed by atoms with Gasteiger partial charge in [-0.25, -0.2) is 9.97 Å². The van der Waals surface area contributed by atoms with Crippen LogP contribution in [0, 0.1) is 0 Å². The van der Waals surface area contributed by atoms with E-state index in [-0.39, 0.29) is 0 Å². The van der Waals surface area contributed by atoms with E-state index in [2.05, 4.69) is 9.97 Å². The van der Waals surface area contributed by atoms with Crippen LogP contribution in [0.4, 0.5) is 5.95 Å². The number of rotatable bonds is 5. The molecule has 0 spiro atoms. The third kappa shape index (κ3) is 3.46. The number of halogens is 1. The van der Waals surface area contributed by atoms with Gasteiger partial charge in [0.2, 0.25) is 5.95 Å². The molecule has 112 valence electrons. The smallest absolute Gasteiger partial charge is 0.220 e. The molecule has 0 fully saturated rings. The van der Waals surface area contributed by atoms with Crippen molar-refractivity contribution in [2.75, 3.05) is 12.3 Å². The number of benzene rings is 2. The molecular weight excluding hydrogens is 298 g/mol. The van der Waals surface area contributed by atoms with Crippen molar-refractivity contribution in [1.29, 1.82) is 0 Å². The second-order valence-corrected chi connectivity index (χ2v) is 5.39. The lowest BCUT2D eigenvalue weighted by Gasteiger charge is -2.08. The molecule has 0 bridgehead atoms. The number of ether oxygens (including phenoxy) is 1. The largest absolute Gasteiger partial charge is 0.494 e. The molecule has 1 aromatic heterocycles. The summed E-state index contributed by atoms with van der Waals surface area (Å²) in [6.45, 7) is 0.596. The van der Waals surface area contributed by atoms with E-state index >= 15 is 0 Å². The van der Waals surface area contributed by atoms with Crippen LogP contribution in [-0.2, 0) is 6.42 Å². The number of nitrogens with two attached hydrogens (primary N) is 1. The van der Waals surface area contributed by atoms with Crippen molar-refractivity contribution < 1.29 is 4.74 Å². The van der Waals surface area contributed by atoms with E-state index in [1.165, 1.54) is 0 Å². The van der Waals surface area contributed by atoms with Gasteiger partial charge in [-0.15, -0.1) is 0 Å². The second kappa shape index (κ2) is 6.62. The molecule has 2 N–H and O–H groups in total. The zero-order valence-corrected chi connectivity index (χ0v) is 12.8. The maximum atomic E-state index is 5.93. The molecule has 2 aromatic carbocycles. The van der Waals surface area contributed by atoms with E-state index in [0.29, 0.717) is 17.6 Å². The average Bonchev–Trinajstić information content (AvgIpc) is 2.51. The van der Waals surface area contributed by atoms with Gasteiger partial charge in [-0.2, -0.15) is 0 Å². The number of fused-ring (bicyclic) bond motifs is 1. The Morgan fingerprint density at radius 2 is 1.91 bits per heavy atom. The first-order valence-electron chi connectivity index (χ1n) is 7.12. The molecule has 22 heavy (non-hydrogen) atoms. The van der Waals surface area contributed by atoms with Crippen molar-refractivity contribution >= 4 is 28.5 Å². The third-order valence-corrected chi connectivity index (χ3v) is 3.56. The Morgan fingerprint density at radius 3 is 2.77 bits per heavy atom. The SMILES string of the molecule is Nc1nc(CCCOc2cccc(Cl)c2)c2ccccc2n1. The summed E-state index contributed by atoms with van der Waals surface area (Å²) in [6.07, 6.45) is 1.63. The van der Waals surface area contributed by atoms with Crippen LogP contribution in [0.25, 0.3) is 10.9 Å². The van der Waals surface area contributed by atoms with E-state index in [0.717, 1.165) is 35.2 Å². The van der Waals surface area contributed by atoms with Gasteiger partial charge in [-0.05, 0) is 37.1 Å². The maximum Gasteiger partial charge on any atom is 0.220 e. The van der Waals surface area contributed by atoms with Gasteiger partial charge >= 0.3 is 0 Å². The van der Waals surface area contributed by atoms with Crippen molar-refractivity contribution in [3.63, 3.8) is 0 Å². The van der Waals surface area contributed by atoms with E-state index in [1.807, 2.05) is 42.5 Å². The standard InChI is InChI=1S/C17H16ClN3O/c18-12-5-3-6-13(11-12)22-10-4-9-16-14-7-1-2-8-15(14)20-17(19)21-16/h1-3,5-8,11H,4,9-10H2,(H2,19,20,21). The lowest BCUT2D eigenvalue weighted by atomic mass is 10.1. The van der Waals surface area contributed by atoms with Crippen molar-refractivity contribution in [2.24, 2.45) is 0 Å². The minimum Gasteiger partial charge on any atom is -0.494 e. The lowest BCUT2D eigenvalue weighted by Crippen LogP contribution is -2.04. The molecule has 1 heterocycles. The Balaban J connectivity index is 1.64. The Hall–Kier alpha value is -2.33. The number of para-hydroxylation sites is 1. The fraction of sp³-hybridized carbons (Fsp3) is 0.176. The van der Waals surface area contributed by atoms with E-state index in [9.17, 15) is 0 Å². The minimum atomic E-state index is 0.310. The van der Waals surface area contributed by atoms with Gasteiger partial charge in [0.1, 0.15) is 5.75 Å². The fourth-order valence-corrected chi connectivity index (χ4v) is 2.52. The van der Waals surface area contributed by atoms with Gasteiger partial charge in [-0.3, -0.25) is 0 Å². The Labute approximate surface area is 133 Å². The zero-order valence-electron chi connectivity index (χ0n) is 12.0. The summed E-state index contributed by atoms with van der Waals surface area (Å²) in [7, 11) is 0. The lowest BCUT2D eigenvalue weighted by molar-refractivity contribution is 0.310. The molecule has 5 heteroatoms. The number of aromatic nitrogens is 2. The van der Waals surface area contributed by atoms with Crippen molar-refractivity contribution in [3.8, 4) is 5.75 Å². The van der Waals surface area contributed by atoms with Crippen LogP contribution in [0.5, 0.6) is 5.75 Å². The van der Waals surface area contributed by atoms with Crippen molar-refractivity contribution in [1.82, 2.24) is 9.97 Å². The predicted octanol–water partition coefficient (Wildman–Crippen LogP) is 3.88. The van der Waals surface area contributed by atoms with Crippen LogP contribution in [0.1, 0.15) is 12.1 Å². The molecular formula is C17H16ClN3O. The van der Waals surface area contributed by atoms with E-state index < -0.39 is 0 Å². The molecule has 3 rings (SSSR count). The Morgan fingerprint density at radius 1 is 1.05 bits per heavy atom. The first-order chi connectivity index (χ1) is 10.7. The predicted molar refractivity (Wildman–Crippen MR) is 89.2 cm³/mol. The molecule has 0 radical (unpaired) electrons. The van der Waals surface area contributed by atoms with Gasteiger partial charge in [-0.1, -0.05) is 35.9 Å². The highest BCUT2D eigenvalue weighted by atomic mass is 35.5. The summed E-state index contributed by atoms with van der Waals surface area (Å²) in [6, 6.07) is 15.3. The summed E-state index contributed by atoms with van der Waals surface area (Å²) in [4.78, 5) is 8.59. The van der Waals surface area contributed by atoms with Gasteiger partial charge in [0, 0.05) is 10.4 Å². The molecule has 0 saturated heterocycles. The highest BCUT2D eigenvalue weighted by Crippen LogP contribution is 2.19. The molecule has 4 nitrogen and oxygen atoms in total. The molecule has 0 aliphatic heterocycles. The molecule has 0 amide bonds. The van der Waals surface area contributed by atoms with Crippen LogP contribution < -0.4 is 10.5 Å². The van der Waals surface area contributed by atoms with Crippen LogP contribution >= 0.6 is 11.6 Å². The number of nitrogens with zero attached hydrogens (tertiary/aromatic N) is 2. The molecule has 0 aliphatic carbocycles. The quantitative estimate of drug-likeness (QED) is 0.726. The minimum absolute atomic E-state index is 0.310. The number of anilines is 1. The Kier molecular flexibility index (Phi) is 4.39. The topological polar surface area (TPSA) is 61.0 Å². The van der Waals surface area contributed by atoms with Gasteiger partial charge < -0.3 is 10.5 Å². The van der Waals surface area contributed by atoms with E-state index in [4.69, 9.17) is 22.1 Å². The van der Waals surface area contributed by atoms with Crippen LogP contribution in [0.15, 0.2) is 48.5 Å². The Bertz CT molecular complexity index is 792. The van der Waals surface area contributed by atoms with Gasteiger partial charge in [0.25, 0.3) is 0 Å². The van der Waals surface area contributed by atoms with Crippen LogP contribution in [-0.4, -0.2) is 16.6 Å². The van der Waals surface area contributed by atoms with E-state index in [1.54, 1.807) is 6.07 Å². The number of aryl methyl sites for hydroxylation is 1. The summed E-state index contributed by atoms with van der Waals surface area (Å²) < 4.78 is 5.69. The monoisotopic (exact) mass is 313 g/mol.